The molecule has 3 amide bonds. The lowest BCUT2D eigenvalue weighted by atomic mass is 9.66. The smallest absolute Gasteiger partial charge is 0.247 e. The second-order valence-corrected chi connectivity index (χ2v) is 12.4. The first-order valence-corrected chi connectivity index (χ1v) is 13.9. The van der Waals surface area contributed by atoms with E-state index in [2.05, 4.69) is 27.0 Å². The second-order valence-electron chi connectivity index (χ2n) is 10.5. The number of aliphatic hydroxyl groups is 1. The maximum atomic E-state index is 14.2. The van der Waals surface area contributed by atoms with Crippen LogP contribution in [0.5, 0.6) is 0 Å². The number of likely N-dealkylation sites (tertiary alicyclic amines) is 1. The number of aliphatic hydroxyl groups excluding tert-OH is 1. The number of nitrogens with zero attached hydrogens (tertiary/aromatic N) is 3. The fraction of sp³-hybridized carbons (Fsp3) is 0.741. The number of amides is 3. The molecule has 7 nitrogen and oxygen atoms in total. The third-order valence-electron chi connectivity index (χ3n) is 8.26. The van der Waals surface area contributed by atoms with Gasteiger partial charge in [0.25, 0.3) is 0 Å². The second kappa shape index (κ2) is 11.1. The van der Waals surface area contributed by atoms with Crippen molar-refractivity contribution < 1.29 is 19.5 Å². The number of unbranched alkanes of at least 4 members (excludes halogenated alkanes) is 2. The van der Waals surface area contributed by atoms with E-state index in [-0.39, 0.29) is 24.3 Å². The Bertz CT molecular complexity index is 846. The Kier molecular flexibility index (Phi) is 8.79. The summed E-state index contributed by atoms with van der Waals surface area (Å²) in [7, 11) is 1.75. The molecule has 0 radical (unpaired) electrons. The molecule has 3 aliphatic heterocycles. The molecule has 1 N–H and O–H groups in total. The van der Waals surface area contributed by atoms with Crippen molar-refractivity contribution in [2.45, 2.75) is 80.9 Å². The monoisotopic (exact) mass is 505 g/mol. The molecule has 3 fully saturated rings. The molecule has 0 aliphatic carbocycles. The quantitative estimate of drug-likeness (QED) is 0.307. The molecule has 3 saturated heterocycles. The molecule has 2 unspecified atom stereocenters. The highest BCUT2D eigenvalue weighted by Gasteiger charge is 2.77. The number of thioether (sulfide) groups is 1. The molecular formula is C27H43N3O4S. The van der Waals surface area contributed by atoms with E-state index >= 15 is 0 Å². The molecule has 0 aromatic carbocycles. The van der Waals surface area contributed by atoms with Crippen molar-refractivity contribution in [3.8, 4) is 0 Å². The van der Waals surface area contributed by atoms with Crippen molar-refractivity contribution in [3.05, 3.63) is 25.3 Å². The van der Waals surface area contributed by atoms with Crippen LogP contribution in [0.25, 0.3) is 0 Å². The van der Waals surface area contributed by atoms with Crippen molar-refractivity contribution in [1.29, 1.82) is 0 Å². The number of carbonyl (C=O) groups excluding carboxylic acids is 3. The van der Waals surface area contributed by atoms with Gasteiger partial charge in [-0.25, -0.2) is 0 Å². The summed E-state index contributed by atoms with van der Waals surface area (Å²) in [4.78, 5) is 47.2. The average molecular weight is 506 g/mol. The number of fused-ring (bicyclic) bond motifs is 1. The predicted octanol–water partition coefficient (Wildman–Crippen LogP) is 3.09. The van der Waals surface area contributed by atoms with Crippen LogP contribution in [-0.2, 0) is 14.4 Å². The van der Waals surface area contributed by atoms with E-state index in [1.54, 1.807) is 40.8 Å². The summed E-state index contributed by atoms with van der Waals surface area (Å²) in [6.07, 6.45) is 8.43. The van der Waals surface area contributed by atoms with Crippen molar-refractivity contribution in [3.63, 3.8) is 0 Å². The average Bonchev–Trinajstić information content (AvgIpc) is 3.40. The highest BCUT2D eigenvalue weighted by molar-refractivity contribution is 8.02. The molecule has 35 heavy (non-hydrogen) atoms. The normalized spacial score (nSPS) is 31.9. The first-order chi connectivity index (χ1) is 16.7. The van der Waals surface area contributed by atoms with E-state index < -0.39 is 33.4 Å². The van der Waals surface area contributed by atoms with E-state index in [4.69, 9.17) is 0 Å². The van der Waals surface area contributed by atoms with Gasteiger partial charge in [0.2, 0.25) is 17.7 Å². The molecular weight excluding hydrogens is 462 g/mol. The summed E-state index contributed by atoms with van der Waals surface area (Å²) in [6, 6.07) is -1.14. The summed E-state index contributed by atoms with van der Waals surface area (Å²) >= 11 is 1.68. The Hall–Kier alpha value is -1.80. The Balaban J connectivity index is 2.08. The molecule has 3 heterocycles. The summed E-state index contributed by atoms with van der Waals surface area (Å²) < 4.78 is -1.06. The number of rotatable bonds is 13. The zero-order chi connectivity index (χ0) is 26.0. The van der Waals surface area contributed by atoms with Gasteiger partial charge in [-0.2, -0.15) is 0 Å². The minimum Gasteiger partial charge on any atom is -0.394 e. The van der Waals surface area contributed by atoms with Crippen LogP contribution in [0.1, 0.15) is 59.3 Å². The minimum atomic E-state index is -0.687. The van der Waals surface area contributed by atoms with Crippen LogP contribution in [0.2, 0.25) is 0 Å². The molecule has 0 aromatic rings. The fourth-order valence-corrected chi connectivity index (χ4v) is 8.85. The molecule has 0 aromatic heterocycles. The number of hydrogen-bond acceptors (Lipinski definition) is 5. The summed E-state index contributed by atoms with van der Waals surface area (Å²) in [5.41, 5.74) is 0. The molecule has 0 saturated carbocycles. The van der Waals surface area contributed by atoms with Crippen LogP contribution < -0.4 is 0 Å². The van der Waals surface area contributed by atoms with Gasteiger partial charge in [-0.15, -0.1) is 24.9 Å². The Morgan fingerprint density at radius 3 is 2.46 bits per heavy atom. The van der Waals surface area contributed by atoms with Gasteiger partial charge >= 0.3 is 0 Å². The highest BCUT2D eigenvalue weighted by atomic mass is 32.2. The van der Waals surface area contributed by atoms with E-state index in [1.165, 1.54) is 0 Å². The van der Waals surface area contributed by atoms with E-state index in [1.807, 2.05) is 11.8 Å². The number of carbonyl (C=O) groups is 3. The van der Waals surface area contributed by atoms with Crippen molar-refractivity contribution in [1.82, 2.24) is 14.7 Å². The van der Waals surface area contributed by atoms with E-state index in [0.717, 1.165) is 25.7 Å². The van der Waals surface area contributed by atoms with Gasteiger partial charge in [-0.3, -0.25) is 14.4 Å². The largest absolute Gasteiger partial charge is 0.394 e. The zero-order valence-corrected chi connectivity index (χ0v) is 22.7. The first kappa shape index (κ1) is 27.8. The summed E-state index contributed by atoms with van der Waals surface area (Å²) in [5, 5.41) is 10.2. The maximum absolute atomic E-state index is 14.2. The first-order valence-electron chi connectivity index (χ1n) is 13.1. The van der Waals surface area contributed by atoms with Crippen LogP contribution in [-0.4, -0.2) is 92.4 Å². The third-order valence-corrected chi connectivity index (χ3v) is 10.2. The van der Waals surface area contributed by atoms with E-state index in [9.17, 15) is 19.5 Å². The lowest BCUT2D eigenvalue weighted by molar-refractivity contribution is -0.147. The van der Waals surface area contributed by atoms with Gasteiger partial charge in [0, 0.05) is 31.4 Å². The molecule has 3 rings (SSSR count). The minimum absolute atomic E-state index is 0.0594. The standard InChI is InChI=1S/C27H43N3O4S/c1-7-11-12-17-29(16-9-3)25(34)22-27-14-13-26(5,35-27)20(23(32)28(6)15-8-2)21(27)24(33)30(22)19(10-4)18-31/h8-9,19-22,31H,2-3,7,10-18H2,1,4-6H3/t19-,20+,21-,22?,26-,27?/m0/s1. The van der Waals surface area contributed by atoms with Gasteiger partial charge in [0.15, 0.2) is 0 Å². The lowest BCUT2D eigenvalue weighted by Gasteiger charge is -2.39. The maximum Gasteiger partial charge on any atom is 0.247 e. The van der Waals surface area contributed by atoms with Gasteiger partial charge < -0.3 is 19.8 Å². The van der Waals surface area contributed by atoms with Crippen LogP contribution >= 0.6 is 11.8 Å². The molecule has 8 heteroatoms. The topological polar surface area (TPSA) is 81.2 Å². The summed E-state index contributed by atoms with van der Waals surface area (Å²) in [6.45, 7) is 15.0. The number of hydrogen-bond donors (Lipinski definition) is 1. The van der Waals surface area contributed by atoms with Gasteiger partial charge in [0.1, 0.15) is 6.04 Å². The Morgan fingerprint density at radius 1 is 1.20 bits per heavy atom. The van der Waals surface area contributed by atoms with E-state index in [0.29, 0.717) is 32.5 Å². The van der Waals surface area contributed by atoms with Gasteiger partial charge in [-0.05, 0) is 32.6 Å². The molecule has 3 aliphatic rings. The van der Waals surface area contributed by atoms with Gasteiger partial charge in [0.05, 0.1) is 29.2 Å². The molecule has 196 valence electrons. The van der Waals surface area contributed by atoms with Gasteiger partial charge in [-0.1, -0.05) is 38.8 Å². The van der Waals surface area contributed by atoms with Crippen LogP contribution in [0, 0.1) is 11.8 Å². The molecule has 6 atom stereocenters. The Labute approximate surface area is 215 Å². The van der Waals surface area contributed by atoms with Crippen LogP contribution in [0.3, 0.4) is 0 Å². The van der Waals surface area contributed by atoms with Crippen molar-refractivity contribution >= 4 is 29.5 Å². The van der Waals surface area contributed by atoms with Crippen molar-refractivity contribution in [2.75, 3.05) is 33.3 Å². The highest BCUT2D eigenvalue weighted by Crippen LogP contribution is 2.71. The number of likely N-dealkylation sites (N-methyl/N-ethyl adjacent to an activating group) is 1. The van der Waals surface area contributed by atoms with Crippen LogP contribution in [0.4, 0.5) is 0 Å². The fourth-order valence-electron chi connectivity index (χ4n) is 6.52. The lowest BCUT2D eigenvalue weighted by Crippen LogP contribution is -2.57. The third kappa shape index (κ3) is 4.57. The molecule has 1 spiro atoms. The summed E-state index contributed by atoms with van der Waals surface area (Å²) in [5.74, 6) is -1.36. The van der Waals surface area contributed by atoms with Crippen LogP contribution in [0.15, 0.2) is 25.3 Å². The molecule has 2 bridgehead atoms. The SMILES string of the molecule is C=CCN(C)C(=O)[C@H]1[C@H]2C(=O)N([C@@H](CC)CO)C(C(=O)N(CC=C)CCCCC)C23CC[C@]1(C)S3. The zero-order valence-electron chi connectivity index (χ0n) is 21.9. The Morgan fingerprint density at radius 2 is 1.89 bits per heavy atom. The van der Waals surface area contributed by atoms with Crippen molar-refractivity contribution in [2.24, 2.45) is 11.8 Å². The predicted molar refractivity (Wildman–Crippen MR) is 141 cm³/mol.